The van der Waals surface area contributed by atoms with Crippen molar-refractivity contribution in [1.29, 1.82) is 0 Å². The Balaban J connectivity index is 1.61. The second kappa shape index (κ2) is 8.47. The molecule has 1 atom stereocenters. The van der Waals surface area contributed by atoms with Crippen LogP contribution in [0.3, 0.4) is 0 Å². The highest BCUT2D eigenvalue weighted by Gasteiger charge is 2.22. The largest absolute Gasteiger partial charge is 0.452 e. The number of esters is 1. The van der Waals surface area contributed by atoms with Crippen LogP contribution in [0.25, 0.3) is 10.9 Å². The fourth-order valence-corrected chi connectivity index (χ4v) is 2.89. The van der Waals surface area contributed by atoms with Crippen LogP contribution in [0, 0.1) is 0 Å². The zero-order valence-corrected chi connectivity index (χ0v) is 15.7. The molecule has 0 aliphatic heterocycles. The van der Waals surface area contributed by atoms with Gasteiger partial charge >= 0.3 is 5.97 Å². The number of benzene rings is 2. The summed E-state index contributed by atoms with van der Waals surface area (Å²) in [6, 6.07) is 16.2. The Kier molecular flexibility index (Phi) is 5.84. The summed E-state index contributed by atoms with van der Waals surface area (Å²) in [5.74, 6) is -0.821. The lowest BCUT2D eigenvalue weighted by atomic mass is 10.2. The molecule has 0 aliphatic carbocycles. The first-order valence-corrected chi connectivity index (χ1v) is 8.94. The van der Waals surface area contributed by atoms with Crippen molar-refractivity contribution >= 4 is 28.5 Å². The van der Waals surface area contributed by atoms with Gasteiger partial charge in [-0.3, -0.25) is 19.1 Å². The van der Waals surface area contributed by atoms with Gasteiger partial charge in [-0.15, -0.1) is 0 Å². The molecule has 1 aromatic heterocycles. The molecule has 0 saturated heterocycles. The number of hydrogen-bond acceptors (Lipinski definition) is 5. The Labute approximate surface area is 162 Å². The molecule has 1 heterocycles. The summed E-state index contributed by atoms with van der Waals surface area (Å²) in [6.07, 6.45) is 0.359. The number of hydrogen-bond donors (Lipinski definition) is 0. The first-order chi connectivity index (χ1) is 13.5. The van der Waals surface area contributed by atoms with E-state index in [9.17, 15) is 14.4 Å². The first kappa shape index (κ1) is 19.3. The average molecular weight is 379 g/mol. The third kappa shape index (κ3) is 4.25. The molecule has 0 fully saturated rings. The number of aryl methyl sites for hydroxylation is 1. The Bertz CT molecular complexity index is 1050. The van der Waals surface area contributed by atoms with Gasteiger partial charge in [-0.05, 0) is 31.2 Å². The van der Waals surface area contributed by atoms with Crippen molar-refractivity contribution in [2.24, 2.45) is 0 Å². The number of likely N-dealkylation sites (N-methyl/N-ethyl adjacent to an activating group) is 1. The van der Waals surface area contributed by atoms with Gasteiger partial charge in [-0.25, -0.2) is 0 Å². The standard InChI is InChI=1S/C21H21N3O4/c1-15(21(27)23(2)16-8-4-3-5-9-16)28-20(26)12-13-24-18-11-7-6-10-17(18)19(25)14-22-24/h3-11,14-15H,12-13H2,1-2H3/t15-/m0/s1. The number of ether oxygens (including phenoxy) is 1. The maximum atomic E-state index is 12.5. The molecule has 0 unspecified atom stereocenters. The van der Waals surface area contributed by atoms with Crippen LogP contribution < -0.4 is 10.3 Å². The molecular formula is C21H21N3O4. The van der Waals surface area contributed by atoms with Crippen LogP contribution in [0.2, 0.25) is 0 Å². The summed E-state index contributed by atoms with van der Waals surface area (Å²) in [7, 11) is 1.64. The van der Waals surface area contributed by atoms with Gasteiger partial charge in [0.1, 0.15) is 0 Å². The lowest BCUT2D eigenvalue weighted by Gasteiger charge is -2.21. The molecule has 0 radical (unpaired) electrons. The van der Waals surface area contributed by atoms with Crippen molar-refractivity contribution in [1.82, 2.24) is 9.78 Å². The molecule has 0 spiro atoms. The summed E-state index contributed by atoms with van der Waals surface area (Å²) in [4.78, 5) is 38.0. The van der Waals surface area contributed by atoms with Gasteiger partial charge in [0, 0.05) is 18.1 Å². The maximum Gasteiger partial charge on any atom is 0.308 e. The van der Waals surface area contributed by atoms with Crippen LogP contribution in [0.15, 0.2) is 65.6 Å². The van der Waals surface area contributed by atoms with Crippen LogP contribution in [0.5, 0.6) is 0 Å². The van der Waals surface area contributed by atoms with Crippen molar-refractivity contribution in [3.8, 4) is 0 Å². The van der Waals surface area contributed by atoms with Crippen LogP contribution in [-0.2, 0) is 20.9 Å². The predicted octanol–water partition coefficient (Wildman–Crippen LogP) is 2.38. The van der Waals surface area contributed by atoms with Gasteiger partial charge in [0.05, 0.1) is 24.7 Å². The van der Waals surface area contributed by atoms with Crippen LogP contribution in [-0.4, -0.2) is 34.8 Å². The highest BCUT2D eigenvalue weighted by atomic mass is 16.5. The number of anilines is 1. The van der Waals surface area contributed by atoms with E-state index in [1.807, 2.05) is 18.2 Å². The molecule has 0 N–H and O–H groups in total. The molecule has 2 aromatic carbocycles. The Morgan fingerprint density at radius 2 is 1.79 bits per heavy atom. The molecule has 0 aliphatic rings. The van der Waals surface area contributed by atoms with E-state index in [0.717, 1.165) is 5.69 Å². The Hall–Kier alpha value is -3.48. The summed E-state index contributed by atoms with van der Waals surface area (Å²) >= 11 is 0. The molecule has 144 valence electrons. The minimum absolute atomic E-state index is 0.0343. The highest BCUT2D eigenvalue weighted by Crippen LogP contribution is 2.14. The van der Waals surface area contributed by atoms with Gasteiger partial charge in [0.15, 0.2) is 6.10 Å². The van der Waals surface area contributed by atoms with Crippen molar-refractivity contribution in [3.63, 3.8) is 0 Å². The number of nitrogens with zero attached hydrogens (tertiary/aromatic N) is 3. The van der Waals surface area contributed by atoms with E-state index in [0.29, 0.717) is 10.9 Å². The minimum Gasteiger partial charge on any atom is -0.452 e. The van der Waals surface area contributed by atoms with E-state index in [1.165, 1.54) is 11.1 Å². The fraction of sp³-hybridized carbons (Fsp3) is 0.238. The highest BCUT2D eigenvalue weighted by molar-refractivity contribution is 5.96. The lowest BCUT2D eigenvalue weighted by molar-refractivity contribution is -0.154. The van der Waals surface area contributed by atoms with Gasteiger partial charge in [0.25, 0.3) is 5.91 Å². The van der Waals surface area contributed by atoms with Crippen molar-refractivity contribution in [3.05, 3.63) is 71.0 Å². The van der Waals surface area contributed by atoms with Crippen LogP contribution >= 0.6 is 0 Å². The van der Waals surface area contributed by atoms with Crippen molar-refractivity contribution in [2.75, 3.05) is 11.9 Å². The van der Waals surface area contributed by atoms with Gasteiger partial charge in [-0.2, -0.15) is 5.10 Å². The Morgan fingerprint density at radius 3 is 2.54 bits per heavy atom. The number of carbonyl (C=O) groups is 2. The Morgan fingerprint density at radius 1 is 1.11 bits per heavy atom. The molecular weight excluding hydrogens is 358 g/mol. The summed E-state index contributed by atoms with van der Waals surface area (Å²) in [5.41, 5.74) is 1.20. The monoisotopic (exact) mass is 379 g/mol. The number of rotatable bonds is 6. The van der Waals surface area contributed by atoms with Gasteiger partial charge < -0.3 is 9.64 Å². The smallest absolute Gasteiger partial charge is 0.308 e. The van der Waals surface area contributed by atoms with Crippen LogP contribution in [0.1, 0.15) is 13.3 Å². The van der Waals surface area contributed by atoms with Gasteiger partial charge in [0.2, 0.25) is 5.43 Å². The minimum atomic E-state index is -0.906. The van der Waals surface area contributed by atoms with Crippen molar-refractivity contribution in [2.45, 2.75) is 26.0 Å². The van der Waals surface area contributed by atoms with E-state index in [-0.39, 0.29) is 24.3 Å². The second-order valence-corrected chi connectivity index (χ2v) is 6.36. The normalized spacial score (nSPS) is 11.8. The zero-order valence-electron chi connectivity index (χ0n) is 15.7. The third-order valence-electron chi connectivity index (χ3n) is 4.42. The average Bonchev–Trinajstić information content (AvgIpc) is 2.73. The van der Waals surface area contributed by atoms with E-state index in [2.05, 4.69) is 5.10 Å². The maximum absolute atomic E-state index is 12.5. The van der Waals surface area contributed by atoms with Crippen LogP contribution in [0.4, 0.5) is 5.69 Å². The van der Waals surface area contributed by atoms with E-state index >= 15 is 0 Å². The fourth-order valence-electron chi connectivity index (χ4n) is 2.89. The molecule has 7 nitrogen and oxygen atoms in total. The third-order valence-corrected chi connectivity index (χ3v) is 4.42. The number of carbonyl (C=O) groups excluding carboxylic acids is 2. The molecule has 3 rings (SSSR count). The molecule has 7 heteroatoms. The summed E-state index contributed by atoms with van der Waals surface area (Å²) in [5, 5.41) is 4.62. The van der Waals surface area contributed by atoms with Gasteiger partial charge in [-0.1, -0.05) is 30.3 Å². The summed E-state index contributed by atoms with van der Waals surface area (Å²) in [6.45, 7) is 1.79. The number of para-hydroxylation sites is 2. The topological polar surface area (TPSA) is 81.5 Å². The van der Waals surface area contributed by atoms with E-state index in [4.69, 9.17) is 4.74 Å². The predicted molar refractivity (Wildman–Crippen MR) is 106 cm³/mol. The molecule has 0 saturated carbocycles. The number of fused-ring (bicyclic) bond motifs is 1. The summed E-state index contributed by atoms with van der Waals surface area (Å²) < 4.78 is 6.86. The van der Waals surface area contributed by atoms with E-state index in [1.54, 1.807) is 55.1 Å². The number of amides is 1. The number of aromatic nitrogens is 2. The van der Waals surface area contributed by atoms with E-state index < -0.39 is 12.1 Å². The molecule has 28 heavy (non-hydrogen) atoms. The molecule has 3 aromatic rings. The molecule has 1 amide bonds. The quantitative estimate of drug-likeness (QED) is 0.614. The first-order valence-electron chi connectivity index (χ1n) is 8.94. The second-order valence-electron chi connectivity index (χ2n) is 6.36. The zero-order chi connectivity index (χ0) is 20.1. The SMILES string of the molecule is C[C@H](OC(=O)CCn1ncc(=O)c2ccccc21)C(=O)N(C)c1ccccc1. The lowest BCUT2D eigenvalue weighted by Crippen LogP contribution is -2.37. The van der Waals surface area contributed by atoms with Crippen molar-refractivity contribution < 1.29 is 14.3 Å². The molecule has 0 bridgehead atoms.